The molecule has 0 atom stereocenters. The number of hydrogen-bond acceptors (Lipinski definition) is 4. The number of carbonyl (C=O) groups excluding carboxylic acids is 2. The maximum Gasteiger partial charge on any atom is 0.289 e. The number of furan rings is 1. The number of nitrogens with zero attached hydrogens (tertiary/aromatic N) is 1. The van der Waals surface area contributed by atoms with Crippen molar-refractivity contribution in [3.05, 3.63) is 78.8 Å². The summed E-state index contributed by atoms with van der Waals surface area (Å²) in [6, 6.07) is 21.3. The Morgan fingerprint density at radius 2 is 1.71 bits per heavy atom. The lowest BCUT2D eigenvalue weighted by Gasteiger charge is -2.30. The van der Waals surface area contributed by atoms with Crippen molar-refractivity contribution in [1.82, 2.24) is 10.2 Å². The standard InChI is InChI=1S/C25H26N2O4/c28-24(20-12-15-27(16-13-20)25(29)23-11-6-17-30-23)26-14-18-31-22-10-5-4-9-21(22)19-7-2-1-3-8-19/h1-11,17,20H,12-16,18H2,(H,26,28). The second-order valence-corrected chi connectivity index (χ2v) is 7.55. The second kappa shape index (κ2) is 9.98. The average Bonchev–Trinajstić information content (AvgIpc) is 3.37. The Morgan fingerprint density at radius 3 is 2.45 bits per heavy atom. The molecule has 0 unspecified atom stereocenters. The lowest BCUT2D eigenvalue weighted by Crippen LogP contribution is -2.43. The zero-order valence-corrected chi connectivity index (χ0v) is 17.3. The van der Waals surface area contributed by atoms with Crippen LogP contribution in [0.4, 0.5) is 0 Å². The number of benzene rings is 2. The van der Waals surface area contributed by atoms with Crippen LogP contribution in [0.15, 0.2) is 77.4 Å². The van der Waals surface area contributed by atoms with E-state index in [1.165, 1.54) is 6.26 Å². The van der Waals surface area contributed by atoms with Crippen LogP contribution in [0.5, 0.6) is 5.75 Å². The molecule has 31 heavy (non-hydrogen) atoms. The summed E-state index contributed by atoms with van der Waals surface area (Å²) in [5.41, 5.74) is 2.13. The smallest absolute Gasteiger partial charge is 0.289 e. The highest BCUT2D eigenvalue weighted by molar-refractivity contribution is 5.91. The Kier molecular flexibility index (Phi) is 6.67. The van der Waals surface area contributed by atoms with Crippen molar-refractivity contribution in [1.29, 1.82) is 0 Å². The lowest BCUT2D eigenvalue weighted by atomic mass is 9.96. The molecule has 1 aliphatic rings. The fourth-order valence-corrected chi connectivity index (χ4v) is 3.83. The van der Waals surface area contributed by atoms with Crippen molar-refractivity contribution in [2.75, 3.05) is 26.2 Å². The highest BCUT2D eigenvalue weighted by Crippen LogP contribution is 2.29. The third-order valence-electron chi connectivity index (χ3n) is 5.52. The fraction of sp³-hybridized carbons (Fsp3) is 0.280. The maximum atomic E-state index is 12.5. The van der Waals surface area contributed by atoms with Gasteiger partial charge in [0.15, 0.2) is 5.76 Å². The van der Waals surface area contributed by atoms with Gasteiger partial charge < -0.3 is 19.4 Å². The van der Waals surface area contributed by atoms with Crippen LogP contribution in [0.3, 0.4) is 0 Å². The first-order valence-electron chi connectivity index (χ1n) is 10.6. The van der Waals surface area contributed by atoms with Gasteiger partial charge in [0, 0.05) is 24.6 Å². The minimum absolute atomic E-state index is 0.0186. The molecule has 1 aromatic heterocycles. The van der Waals surface area contributed by atoms with Crippen molar-refractivity contribution < 1.29 is 18.7 Å². The number of rotatable bonds is 7. The minimum atomic E-state index is -0.116. The maximum absolute atomic E-state index is 12.5. The van der Waals surface area contributed by atoms with Gasteiger partial charge >= 0.3 is 0 Å². The zero-order chi connectivity index (χ0) is 21.5. The molecule has 0 radical (unpaired) electrons. The van der Waals surface area contributed by atoms with Crippen LogP contribution in [0.1, 0.15) is 23.4 Å². The Labute approximate surface area is 181 Å². The van der Waals surface area contributed by atoms with Crippen molar-refractivity contribution in [2.45, 2.75) is 12.8 Å². The van der Waals surface area contributed by atoms with E-state index in [1.54, 1.807) is 17.0 Å². The lowest BCUT2D eigenvalue weighted by molar-refractivity contribution is -0.126. The largest absolute Gasteiger partial charge is 0.491 e. The van der Waals surface area contributed by atoms with Gasteiger partial charge in [0.05, 0.1) is 12.8 Å². The van der Waals surface area contributed by atoms with E-state index in [0.29, 0.717) is 44.8 Å². The van der Waals surface area contributed by atoms with Gasteiger partial charge in [-0.25, -0.2) is 0 Å². The molecule has 2 aromatic carbocycles. The summed E-state index contributed by atoms with van der Waals surface area (Å²) in [6.45, 7) is 1.94. The normalized spacial score (nSPS) is 14.3. The predicted molar refractivity (Wildman–Crippen MR) is 118 cm³/mol. The summed E-state index contributed by atoms with van der Waals surface area (Å²) in [7, 11) is 0. The van der Waals surface area contributed by atoms with Crippen LogP contribution in [0, 0.1) is 5.92 Å². The second-order valence-electron chi connectivity index (χ2n) is 7.55. The molecular formula is C25H26N2O4. The number of piperidine rings is 1. The van der Waals surface area contributed by atoms with E-state index in [0.717, 1.165) is 16.9 Å². The number of hydrogen-bond donors (Lipinski definition) is 1. The molecule has 2 heterocycles. The molecule has 0 spiro atoms. The first kappa shape index (κ1) is 20.7. The van der Waals surface area contributed by atoms with Gasteiger partial charge in [0.25, 0.3) is 5.91 Å². The van der Waals surface area contributed by atoms with E-state index in [4.69, 9.17) is 9.15 Å². The van der Waals surface area contributed by atoms with E-state index >= 15 is 0 Å². The summed E-state index contributed by atoms with van der Waals surface area (Å²) >= 11 is 0. The molecular weight excluding hydrogens is 392 g/mol. The summed E-state index contributed by atoms with van der Waals surface area (Å²) in [5, 5.41) is 2.97. The summed E-state index contributed by atoms with van der Waals surface area (Å²) in [4.78, 5) is 26.6. The highest BCUT2D eigenvalue weighted by Gasteiger charge is 2.28. The SMILES string of the molecule is O=C(NCCOc1ccccc1-c1ccccc1)C1CCN(C(=O)c2ccco2)CC1. The Balaban J connectivity index is 1.22. The first-order valence-corrected chi connectivity index (χ1v) is 10.6. The molecule has 1 aliphatic heterocycles. The van der Waals surface area contributed by atoms with Gasteiger partial charge in [0.2, 0.25) is 5.91 Å². The molecule has 3 aromatic rings. The number of ether oxygens (including phenoxy) is 1. The number of para-hydroxylation sites is 1. The molecule has 1 N–H and O–H groups in total. The van der Waals surface area contributed by atoms with Gasteiger partial charge in [-0.2, -0.15) is 0 Å². The van der Waals surface area contributed by atoms with Crippen molar-refractivity contribution in [3.63, 3.8) is 0 Å². The third-order valence-corrected chi connectivity index (χ3v) is 5.52. The number of likely N-dealkylation sites (tertiary alicyclic amines) is 1. The van der Waals surface area contributed by atoms with Crippen molar-refractivity contribution in [2.24, 2.45) is 5.92 Å². The molecule has 0 bridgehead atoms. The molecule has 0 saturated carbocycles. The average molecular weight is 418 g/mol. The van der Waals surface area contributed by atoms with Gasteiger partial charge in [-0.3, -0.25) is 9.59 Å². The molecule has 2 amide bonds. The monoisotopic (exact) mass is 418 g/mol. The Bertz CT molecular complexity index is 993. The van der Waals surface area contributed by atoms with E-state index < -0.39 is 0 Å². The van der Waals surface area contributed by atoms with Gasteiger partial charge in [0.1, 0.15) is 12.4 Å². The molecule has 160 valence electrons. The molecule has 1 saturated heterocycles. The van der Waals surface area contributed by atoms with Crippen molar-refractivity contribution >= 4 is 11.8 Å². The van der Waals surface area contributed by atoms with Gasteiger partial charge in [-0.15, -0.1) is 0 Å². The van der Waals surface area contributed by atoms with Crippen LogP contribution in [0.25, 0.3) is 11.1 Å². The van der Waals surface area contributed by atoms with E-state index in [1.807, 2.05) is 54.6 Å². The van der Waals surface area contributed by atoms with Crippen molar-refractivity contribution in [3.8, 4) is 16.9 Å². The summed E-state index contributed by atoms with van der Waals surface area (Å²) < 4.78 is 11.1. The Hall–Kier alpha value is -3.54. The minimum Gasteiger partial charge on any atom is -0.491 e. The highest BCUT2D eigenvalue weighted by atomic mass is 16.5. The van der Waals surface area contributed by atoms with E-state index in [-0.39, 0.29) is 17.7 Å². The van der Waals surface area contributed by atoms with Gasteiger partial charge in [-0.1, -0.05) is 48.5 Å². The van der Waals surface area contributed by atoms with Crippen LogP contribution >= 0.6 is 0 Å². The summed E-state index contributed by atoms with van der Waals surface area (Å²) in [5.74, 6) is 0.958. The van der Waals surface area contributed by atoms with Gasteiger partial charge in [-0.05, 0) is 36.6 Å². The van der Waals surface area contributed by atoms with Crippen LogP contribution < -0.4 is 10.1 Å². The van der Waals surface area contributed by atoms with Crippen LogP contribution in [-0.4, -0.2) is 43.0 Å². The summed E-state index contributed by atoms with van der Waals surface area (Å²) in [6.07, 6.45) is 2.79. The molecule has 1 fully saturated rings. The van der Waals surface area contributed by atoms with Crippen LogP contribution in [0.2, 0.25) is 0 Å². The third kappa shape index (κ3) is 5.15. The molecule has 6 nitrogen and oxygen atoms in total. The first-order chi connectivity index (χ1) is 15.2. The molecule has 4 rings (SSSR count). The number of nitrogens with one attached hydrogen (secondary N) is 1. The predicted octanol–water partition coefficient (Wildman–Crippen LogP) is 3.99. The molecule has 0 aliphatic carbocycles. The number of amides is 2. The van der Waals surface area contributed by atoms with E-state index in [2.05, 4.69) is 5.32 Å². The fourth-order valence-electron chi connectivity index (χ4n) is 3.83. The Morgan fingerprint density at radius 1 is 0.968 bits per heavy atom. The van der Waals surface area contributed by atoms with E-state index in [9.17, 15) is 9.59 Å². The zero-order valence-electron chi connectivity index (χ0n) is 17.3. The molecule has 6 heteroatoms. The quantitative estimate of drug-likeness (QED) is 0.589. The number of carbonyl (C=O) groups is 2. The van der Waals surface area contributed by atoms with Crippen LogP contribution in [-0.2, 0) is 4.79 Å². The topological polar surface area (TPSA) is 71.8 Å².